The number of allylic oxidation sites excluding steroid dienone is 12. The number of esters is 2. The highest BCUT2D eigenvalue weighted by atomic mass is 31.2. The molecular weight excluding hydrogens is 954 g/mol. The van der Waals surface area contributed by atoms with E-state index in [2.05, 4.69) is 86.8 Å². The van der Waals surface area contributed by atoms with Gasteiger partial charge in [-0.1, -0.05) is 260 Å². The Morgan fingerprint density at radius 1 is 0.427 bits per heavy atom. The number of rotatable bonds is 57. The standard InChI is InChI=1S/C65H118NO8P/c1-6-8-10-12-14-16-18-19-20-21-22-23-24-25-26-27-28-29-30-31-32-33-34-35-36-37-38-39-40-41-42-43-44-45-46-47-48-50-52-54-56-58-65(68)74-63(62-73-75(69,70)72-60-59-66(3,4)5)61-71-64(67)57-55-53-51-49-17-15-13-11-9-7-2/h8,10-11,13-14,16,19-20,22-23,25-26,63H,6-7,9,12,15,17-18,21,24,27-62H2,1-5H3/b10-8-,13-11-,16-14-,20-19-,23-22-,26-25-. The highest BCUT2D eigenvalue weighted by Gasteiger charge is 2.22. The van der Waals surface area contributed by atoms with Gasteiger partial charge in [0.15, 0.2) is 6.10 Å². The molecule has 0 aliphatic rings. The maximum atomic E-state index is 12.8. The van der Waals surface area contributed by atoms with Gasteiger partial charge < -0.3 is 27.9 Å². The molecule has 0 bridgehead atoms. The lowest BCUT2D eigenvalue weighted by atomic mass is 10.0. The molecule has 0 aliphatic carbocycles. The number of likely N-dealkylation sites (N-methyl/N-ethyl adjacent to an activating group) is 1. The van der Waals surface area contributed by atoms with Crippen LogP contribution in [0, 0.1) is 0 Å². The molecule has 2 atom stereocenters. The van der Waals surface area contributed by atoms with Crippen molar-refractivity contribution in [2.45, 2.75) is 283 Å². The van der Waals surface area contributed by atoms with Gasteiger partial charge in [-0.3, -0.25) is 14.2 Å². The Morgan fingerprint density at radius 2 is 0.760 bits per heavy atom. The molecular formula is C65H118NO8P. The first kappa shape index (κ1) is 72.5. The van der Waals surface area contributed by atoms with Crippen LogP contribution in [0.25, 0.3) is 0 Å². The summed E-state index contributed by atoms with van der Waals surface area (Å²) in [7, 11) is 1.17. The summed E-state index contributed by atoms with van der Waals surface area (Å²) in [6, 6.07) is 0. The average Bonchev–Trinajstić information content (AvgIpc) is 3.37. The highest BCUT2D eigenvalue weighted by Crippen LogP contribution is 2.38. The Hall–Kier alpha value is -2.55. The molecule has 10 heteroatoms. The normalized spacial score (nSPS) is 13.7. The molecule has 0 saturated heterocycles. The number of phosphoric ester groups is 1. The first-order chi connectivity index (χ1) is 36.5. The Morgan fingerprint density at radius 3 is 1.15 bits per heavy atom. The van der Waals surface area contributed by atoms with Crippen LogP contribution in [-0.4, -0.2) is 70.0 Å². The maximum absolute atomic E-state index is 12.8. The molecule has 0 fully saturated rings. The van der Waals surface area contributed by atoms with E-state index in [0.29, 0.717) is 17.4 Å². The fourth-order valence-electron chi connectivity index (χ4n) is 8.69. The van der Waals surface area contributed by atoms with Crippen molar-refractivity contribution in [3.8, 4) is 0 Å². The zero-order valence-corrected chi connectivity index (χ0v) is 50.4. The molecule has 9 nitrogen and oxygen atoms in total. The molecule has 0 aliphatic heterocycles. The van der Waals surface area contributed by atoms with Crippen LogP contribution < -0.4 is 4.89 Å². The van der Waals surface area contributed by atoms with E-state index in [1.165, 1.54) is 154 Å². The lowest BCUT2D eigenvalue weighted by Crippen LogP contribution is -2.37. The van der Waals surface area contributed by atoms with E-state index in [0.717, 1.165) is 89.9 Å². The van der Waals surface area contributed by atoms with Gasteiger partial charge in [0.2, 0.25) is 0 Å². The molecule has 0 aromatic carbocycles. The van der Waals surface area contributed by atoms with E-state index in [1.807, 2.05) is 21.1 Å². The van der Waals surface area contributed by atoms with Gasteiger partial charge in [-0.05, 0) is 77.0 Å². The summed E-state index contributed by atoms with van der Waals surface area (Å²) < 4.78 is 34.0. The second kappa shape index (κ2) is 56.2. The Balaban J connectivity index is 3.82. The molecule has 75 heavy (non-hydrogen) atoms. The fraction of sp³-hybridized carbons (Fsp3) is 0.785. The quantitative estimate of drug-likeness (QED) is 0.0195. The Labute approximate surface area is 463 Å². The number of unbranched alkanes of at least 4 members (excludes halogenated alkanes) is 31. The third-order valence-electron chi connectivity index (χ3n) is 13.4. The topological polar surface area (TPSA) is 111 Å². The maximum Gasteiger partial charge on any atom is 0.306 e. The zero-order chi connectivity index (χ0) is 54.9. The zero-order valence-electron chi connectivity index (χ0n) is 49.5. The number of hydrogen-bond donors (Lipinski definition) is 0. The molecule has 0 spiro atoms. The molecule has 0 N–H and O–H groups in total. The number of hydrogen-bond acceptors (Lipinski definition) is 8. The van der Waals surface area contributed by atoms with Crippen molar-refractivity contribution in [2.75, 3.05) is 47.5 Å². The number of quaternary nitrogens is 1. The summed E-state index contributed by atoms with van der Waals surface area (Å²) in [4.78, 5) is 37.7. The molecule has 0 heterocycles. The third-order valence-corrected chi connectivity index (χ3v) is 14.4. The SMILES string of the molecule is CC/C=C\C/C=C\C/C=C\C/C=C\C/C=C\CCCCCCCCCCCCCCCCCCCCCCCCCCCC(=O)OC(COC(=O)CCCCCCC/C=C\CCC)COP(=O)([O-])OCC[N+](C)(C)C. The minimum absolute atomic E-state index is 0.0315. The van der Waals surface area contributed by atoms with Crippen LogP contribution in [0.1, 0.15) is 277 Å². The minimum Gasteiger partial charge on any atom is -0.756 e. The first-order valence-corrected chi connectivity index (χ1v) is 32.6. The van der Waals surface area contributed by atoms with Gasteiger partial charge in [0.05, 0.1) is 27.7 Å². The summed E-state index contributed by atoms with van der Waals surface area (Å²) in [5.41, 5.74) is 0. The van der Waals surface area contributed by atoms with E-state index in [-0.39, 0.29) is 26.1 Å². The summed E-state index contributed by atoms with van der Waals surface area (Å²) in [6.07, 6.45) is 74.4. The van der Waals surface area contributed by atoms with Gasteiger partial charge >= 0.3 is 11.9 Å². The van der Waals surface area contributed by atoms with E-state index >= 15 is 0 Å². The van der Waals surface area contributed by atoms with Gasteiger partial charge in [0.25, 0.3) is 7.82 Å². The molecule has 0 rings (SSSR count). The van der Waals surface area contributed by atoms with Crippen molar-refractivity contribution in [1.29, 1.82) is 0 Å². The van der Waals surface area contributed by atoms with Crippen LogP contribution in [0.2, 0.25) is 0 Å². The summed E-state index contributed by atoms with van der Waals surface area (Å²) >= 11 is 0. The van der Waals surface area contributed by atoms with Gasteiger partial charge in [0.1, 0.15) is 19.8 Å². The number of carbonyl (C=O) groups excluding carboxylic acids is 2. The highest BCUT2D eigenvalue weighted by molar-refractivity contribution is 7.45. The Bertz CT molecular complexity index is 1500. The molecule has 436 valence electrons. The molecule has 0 aromatic rings. The number of carbonyl (C=O) groups is 2. The molecule has 2 unspecified atom stereocenters. The molecule has 0 radical (unpaired) electrons. The predicted octanol–water partition coefficient (Wildman–Crippen LogP) is 19.0. The largest absolute Gasteiger partial charge is 0.756 e. The van der Waals surface area contributed by atoms with Crippen LogP contribution in [0.5, 0.6) is 0 Å². The number of nitrogens with zero attached hydrogens (tertiary/aromatic N) is 1. The van der Waals surface area contributed by atoms with E-state index < -0.39 is 32.5 Å². The summed E-state index contributed by atoms with van der Waals surface area (Å²) in [6.45, 7) is 4.06. The summed E-state index contributed by atoms with van der Waals surface area (Å²) in [5.74, 6) is -0.838. The van der Waals surface area contributed by atoms with E-state index in [4.69, 9.17) is 18.5 Å². The number of ether oxygens (including phenoxy) is 2. The predicted molar refractivity (Wildman–Crippen MR) is 319 cm³/mol. The monoisotopic (exact) mass is 1070 g/mol. The smallest absolute Gasteiger partial charge is 0.306 e. The molecule has 0 saturated carbocycles. The van der Waals surface area contributed by atoms with Crippen molar-refractivity contribution in [1.82, 2.24) is 0 Å². The van der Waals surface area contributed by atoms with Crippen LogP contribution >= 0.6 is 7.82 Å². The van der Waals surface area contributed by atoms with Gasteiger partial charge in [-0.25, -0.2) is 0 Å². The average molecular weight is 1070 g/mol. The molecule has 0 amide bonds. The van der Waals surface area contributed by atoms with Crippen molar-refractivity contribution >= 4 is 19.8 Å². The van der Waals surface area contributed by atoms with E-state index in [1.54, 1.807) is 0 Å². The summed E-state index contributed by atoms with van der Waals surface area (Å²) in [5, 5.41) is 0. The van der Waals surface area contributed by atoms with E-state index in [9.17, 15) is 19.0 Å². The second-order valence-electron chi connectivity index (χ2n) is 22.0. The van der Waals surface area contributed by atoms with Crippen LogP contribution in [0.3, 0.4) is 0 Å². The van der Waals surface area contributed by atoms with Crippen molar-refractivity contribution < 1.29 is 42.1 Å². The van der Waals surface area contributed by atoms with Crippen LogP contribution in [-0.2, 0) is 32.7 Å². The fourth-order valence-corrected chi connectivity index (χ4v) is 9.42. The van der Waals surface area contributed by atoms with Crippen molar-refractivity contribution in [2.24, 2.45) is 0 Å². The van der Waals surface area contributed by atoms with Gasteiger partial charge in [0, 0.05) is 12.8 Å². The lowest BCUT2D eigenvalue weighted by molar-refractivity contribution is -0.870. The second-order valence-corrected chi connectivity index (χ2v) is 23.4. The number of phosphoric acid groups is 1. The first-order valence-electron chi connectivity index (χ1n) is 31.1. The molecule has 0 aromatic heterocycles. The van der Waals surface area contributed by atoms with Crippen molar-refractivity contribution in [3.05, 3.63) is 72.9 Å². The minimum atomic E-state index is -4.63. The van der Waals surface area contributed by atoms with Crippen LogP contribution in [0.4, 0.5) is 0 Å². The lowest BCUT2D eigenvalue weighted by Gasteiger charge is -2.28. The van der Waals surface area contributed by atoms with Gasteiger partial charge in [-0.15, -0.1) is 0 Å². The third kappa shape index (κ3) is 60.5. The van der Waals surface area contributed by atoms with Crippen molar-refractivity contribution in [3.63, 3.8) is 0 Å². The van der Waals surface area contributed by atoms with Crippen LogP contribution in [0.15, 0.2) is 72.9 Å². The Kier molecular flexibility index (Phi) is 54.3. The van der Waals surface area contributed by atoms with Gasteiger partial charge in [-0.2, -0.15) is 0 Å².